The van der Waals surface area contributed by atoms with Crippen molar-refractivity contribution in [1.82, 2.24) is 10.2 Å². The summed E-state index contributed by atoms with van der Waals surface area (Å²) in [6, 6.07) is 8.62. The number of nitrogens with one attached hydrogen (secondary N) is 1. The molecule has 22 heavy (non-hydrogen) atoms. The van der Waals surface area contributed by atoms with Crippen LogP contribution in [0.5, 0.6) is 0 Å². The van der Waals surface area contributed by atoms with Gasteiger partial charge in [-0.15, -0.1) is 0 Å². The third-order valence-electron chi connectivity index (χ3n) is 5.63. The highest BCUT2D eigenvalue weighted by molar-refractivity contribution is 6.21. The molecule has 0 aromatic heterocycles. The number of rotatable bonds is 2. The van der Waals surface area contributed by atoms with Gasteiger partial charge >= 0.3 is 0 Å². The smallest absolute Gasteiger partial charge is 0.251 e. The van der Waals surface area contributed by atoms with Gasteiger partial charge in [-0.25, -0.2) is 0 Å². The first-order valence-electron chi connectivity index (χ1n) is 8.40. The summed E-state index contributed by atoms with van der Waals surface area (Å²) in [4.78, 5) is 15.3. The van der Waals surface area contributed by atoms with Gasteiger partial charge in [0, 0.05) is 23.6 Å². The van der Waals surface area contributed by atoms with Gasteiger partial charge in [0.1, 0.15) is 0 Å². The van der Waals surface area contributed by atoms with Crippen molar-refractivity contribution in [3.05, 3.63) is 41.5 Å². The number of carbonyl (C=O) groups is 1. The molecule has 3 saturated heterocycles. The first-order valence-corrected chi connectivity index (χ1v) is 8.40. The quantitative estimate of drug-likeness (QED) is 0.910. The van der Waals surface area contributed by atoms with Crippen LogP contribution in [0.15, 0.2) is 30.3 Å². The summed E-state index contributed by atoms with van der Waals surface area (Å²) in [6.07, 6.45) is 4.59. The van der Waals surface area contributed by atoms with E-state index in [1.807, 2.05) is 6.07 Å². The zero-order chi connectivity index (χ0) is 15.3. The van der Waals surface area contributed by atoms with Gasteiger partial charge in [0.05, 0.1) is 0 Å². The number of benzene rings is 1. The zero-order valence-electron chi connectivity index (χ0n) is 13.4. The van der Waals surface area contributed by atoms with Gasteiger partial charge < -0.3 is 10.2 Å². The highest BCUT2D eigenvalue weighted by atomic mass is 16.1. The van der Waals surface area contributed by atoms with Gasteiger partial charge in [0.15, 0.2) is 0 Å². The summed E-state index contributed by atoms with van der Waals surface area (Å²) in [5.74, 6) is 0.774. The zero-order valence-corrected chi connectivity index (χ0v) is 13.4. The Kier molecular flexibility index (Phi) is 3.15. The number of piperidine rings is 3. The maximum Gasteiger partial charge on any atom is 0.251 e. The average Bonchev–Trinajstić information content (AvgIpc) is 2.81. The lowest BCUT2D eigenvalue weighted by atomic mass is 9.84. The number of allylic oxidation sites excluding steroid dienone is 1. The van der Waals surface area contributed by atoms with Gasteiger partial charge in [-0.2, -0.15) is 0 Å². The number of amides is 1. The molecule has 3 aliphatic heterocycles. The standard InChI is InChI=1S/C19H24N2O/c1-19(2)11-15(14-5-3-4-6-16(14)19)18(22)20-17-12-21-9-7-13(17)8-10-21/h3-6,11,13,17H,7-10,12H2,1-2H3,(H,20,22). The highest BCUT2D eigenvalue weighted by Crippen LogP contribution is 2.40. The fourth-order valence-electron chi connectivity index (χ4n) is 4.36. The monoisotopic (exact) mass is 296 g/mol. The maximum absolute atomic E-state index is 12.8. The van der Waals surface area contributed by atoms with E-state index >= 15 is 0 Å². The van der Waals surface area contributed by atoms with E-state index in [1.165, 1.54) is 31.5 Å². The molecule has 1 N–H and O–H groups in total. The summed E-state index contributed by atoms with van der Waals surface area (Å²) < 4.78 is 0. The number of nitrogens with zero attached hydrogens (tertiary/aromatic N) is 1. The third-order valence-corrected chi connectivity index (χ3v) is 5.63. The molecule has 1 aromatic rings. The second-order valence-electron chi connectivity index (χ2n) is 7.54. The van der Waals surface area contributed by atoms with Crippen molar-refractivity contribution in [2.45, 2.75) is 38.1 Å². The van der Waals surface area contributed by atoms with Gasteiger partial charge in [-0.3, -0.25) is 4.79 Å². The molecule has 3 heterocycles. The van der Waals surface area contributed by atoms with E-state index in [0.29, 0.717) is 12.0 Å². The molecular weight excluding hydrogens is 272 g/mol. The molecule has 1 unspecified atom stereocenters. The molecule has 3 nitrogen and oxygen atoms in total. The number of fused-ring (bicyclic) bond motifs is 4. The second-order valence-corrected chi connectivity index (χ2v) is 7.54. The first-order chi connectivity index (χ1) is 10.5. The van der Waals surface area contributed by atoms with Crippen molar-refractivity contribution in [3.63, 3.8) is 0 Å². The van der Waals surface area contributed by atoms with Crippen LogP contribution in [0.2, 0.25) is 0 Å². The lowest BCUT2D eigenvalue weighted by molar-refractivity contribution is -0.117. The maximum atomic E-state index is 12.8. The van der Waals surface area contributed by atoms with E-state index in [-0.39, 0.29) is 11.3 Å². The predicted molar refractivity (Wildman–Crippen MR) is 88.5 cm³/mol. The van der Waals surface area contributed by atoms with Crippen LogP contribution in [-0.2, 0) is 10.2 Å². The lowest BCUT2D eigenvalue weighted by Crippen LogP contribution is -2.57. The molecule has 3 fully saturated rings. The molecule has 4 aliphatic rings. The molecule has 1 amide bonds. The summed E-state index contributed by atoms with van der Waals surface area (Å²) in [7, 11) is 0. The molecule has 1 aliphatic carbocycles. The van der Waals surface area contributed by atoms with Crippen LogP contribution in [0, 0.1) is 5.92 Å². The lowest BCUT2D eigenvalue weighted by Gasteiger charge is -2.45. The number of hydrogen-bond donors (Lipinski definition) is 1. The first kappa shape index (κ1) is 14.0. The Balaban J connectivity index is 1.56. The Labute approximate surface area is 132 Å². The molecule has 5 rings (SSSR count). The van der Waals surface area contributed by atoms with Crippen LogP contribution in [0.3, 0.4) is 0 Å². The number of carbonyl (C=O) groups excluding carboxylic acids is 1. The SMILES string of the molecule is CC1(C)C=C(C(=O)NC2CN3CCC2CC3)c2ccccc21. The Bertz CT molecular complexity index is 639. The van der Waals surface area contributed by atoms with E-state index in [1.54, 1.807) is 0 Å². The van der Waals surface area contributed by atoms with Gasteiger partial charge in [-0.05, 0) is 43.0 Å². The summed E-state index contributed by atoms with van der Waals surface area (Å²) in [5.41, 5.74) is 3.16. The molecule has 2 bridgehead atoms. The summed E-state index contributed by atoms with van der Waals surface area (Å²) in [5, 5.41) is 3.32. The fraction of sp³-hybridized carbons (Fsp3) is 0.526. The van der Waals surface area contributed by atoms with Crippen LogP contribution >= 0.6 is 0 Å². The molecule has 0 saturated carbocycles. The topological polar surface area (TPSA) is 32.3 Å². The summed E-state index contributed by atoms with van der Waals surface area (Å²) in [6.45, 7) is 7.79. The average molecular weight is 296 g/mol. The second kappa shape index (κ2) is 4.95. The minimum Gasteiger partial charge on any atom is -0.348 e. The van der Waals surface area contributed by atoms with Gasteiger partial charge in [-0.1, -0.05) is 44.2 Å². The number of hydrogen-bond acceptors (Lipinski definition) is 2. The van der Waals surface area contributed by atoms with Crippen molar-refractivity contribution >= 4 is 11.5 Å². The van der Waals surface area contributed by atoms with Crippen molar-refractivity contribution < 1.29 is 4.79 Å². The van der Waals surface area contributed by atoms with Crippen LogP contribution in [0.25, 0.3) is 5.57 Å². The molecular formula is C19H24N2O. The minimum absolute atomic E-state index is 0.0572. The normalized spacial score (nSPS) is 31.5. The largest absolute Gasteiger partial charge is 0.348 e. The van der Waals surface area contributed by atoms with Crippen LogP contribution in [-0.4, -0.2) is 36.5 Å². The molecule has 0 radical (unpaired) electrons. The molecule has 116 valence electrons. The van der Waals surface area contributed by atoms with Crippen molar-refractivity contribution in [1.29, 1.82) is 0 Å². The van der Waals surface area contributed by atoms with E-state index in [2.05, 4.69) is 48.3 Å². The summed E-state index contributed by atoms with van der Waals surface area (Å²) >= 11 is 0. The van der Waals surface area contributed by atoms with Gasteiger partial charge in [0.2, 0.25) is 0 Å². The van der Waals surface area contributed by atoms with Crippen molar-refractivity contribution in [2.75, 3.05) is 19.6 Å². The fourth-order valence-corrected chi connectivity index (χ4v) is 4.36. The molecule has 0 spiro atoms. The predicted octanol–water partition coefficient (Wildman–Crippen LogP) is 2.57. The third kappa shape index (κ3) is 2.19. The van der Waals surface area contributed by atoms with Gasteiger partial charge in [0.25, 0.3) is 5.91 Å². The Morgan fingerprint density at radius 3 is 2.64 bits per heavy atom. The van der Waals surface area contributed by atoms with Crippen molar-refractivity contribution in [2.24, 2.45) is 5.92 Å². The van der Waals surface area contributed by atoms with E-state index in [4.69, 9.17) is 0 Å². The molecule has 1 atom stereocenters. The minimum atomic E-state index is -0.0572. The highest BCUT2D eigenvalue weighted by Gasteiger charge is 2.37. The molecule has 1 aromatic carbocycles. The Hall–Kier alpha value is -1.61. The van der Waals surface area contributed by atoms with Crippen LogP contribution in [0.1, 0.15) is 37.8 Å². The Morgan fingerprint density at radius 2 is 1.95 bits per heavy atom. The van der Waals surface area contributed by atoms with Crippen LogP contribution in [0.4, 0.5) is 0 Å². The van der Waals surface area contributed by atoms with Crippen LogP contribution < -0.4 is 5.32 Å². The van der Waals surface area contributed by atoms with E-state index in [0.717, 1.165) is 17.7 Å². The molecule has 3 heteroatoms. The van der Waals surface area contributed by atoms with Crippen molar-refractivity contribution in [3.8, 4) is 0 Å². The Morgan fingerprint density at radius 1 is 1.23 bits per heavy atom. The van der Waals surface area contributed by atoms with E-state index in [9.17, 15) is 4.79 Å². The van der Waals surface area contributed by atoms with E-state index < -0.39 is 0 Å².